The lowest BCUT2D eigenvalue weighted by molar-refractivity contribution is 0.0945. The molecule has 3 N–H and O–H groups in total. The summed E-state index contributed by atoms with van der Waals surface area (Å²) in [6, 6.07) is 4.71. The van der Waals surface area contributed by atoms with E-state index in [1.807, 2.05) is 6.92 Å². The van der Waals surface area contributed by atoms with Crippen LogP contribution in [-0.4, -0.2) is 16.9 Å². The van der Waals surface area contributed by atoms with Crippen LogP contribution < -0.4 is 11.1 Å². The van der Waals surface area contributed by atoms with Crippen LogP contribution in [0, 0.1) is 0 Å². The number of halogens is 2. The Morgan fingerprint density at radius 3 is 2.82 bits per heavy atom. The highest BCUT2D eigenvalue weighted by Crippen LogP contribution is 2.21. The SMILES string of the molecule is CCC(NC(=O)c1cc(Cl)ccc1Br)C(N)=S. The summed E-state index contributed by atoms with van der Waals surface area (Å²) in [7, 11) is 0. The standard InChI is InChI=1S/C11H12BrClN2OS/c1-2-9(10(14)17)15-11(16)7-5-6(13)3-4-8(7)12/h3-5,9H,2H2,1H3,(H2,14,17)(H,15,16). The first kappa shape index (κ1) is 14.4. The molecule has 1 rings (SSSR count). The molecule has 92 valence electrons. The van der Waals surface area contributed by atoms with Gasteiger partial charge in [-0.25, -0.2) is 0 Å². The smallest absolute Gasteiger partial charge is 0.253 e. The lowest BCUT2D eigenvalue weighted by Crippen LogP contribution is -2.43. The van der Waals surface area contributed by atoms with Crippen molar-refractivity contribution >= 4 is 50.6 Å². The molecule has 3 nitrogen and oxygen atoms in total. The minimum absolute atomic E-state index is 0.251. The van der Waals surface area contributed by atoms with Gasteiger partial charge in [0.25, 0.3) is 5.91 Å². The molecule has 1 aromatic carbocycles. The van der Waals surface area contributed by atoms with Crippen LogP contribution in [0.25, 0.3) is 0 Å². The number of benzene rings is 1. The molecular formula is C11H12BrClN2OS. The van der Waals surface area contributed by atoms with E-state index in [4.69, 9.17) is 29.6 Å². The van der Waals surface area contributed by atoms with Gasteiger partial charge in [0.2, 0.25) is 0 Å². The van der Waals surface area contributed by atoms with Crippen molar-refractivity contribution in [1.29, 1.82) is 0 Å². The van der Waals surface area contributed by atoms with E-state index in [9.17, 15) is 4.79 Å². The van der Waals surface area contributed by atoms with Crippen LogP contribution in [0.2, 0.25) is 5.02 Å². The van der Waals surface area contributed by atoms with E-state index >= 15 is 0 Å². The third kappa shape index (κ3) is 3.94. The lowest BCUT2D eigenvalue weighted by atomic mass is 10.1. The molecule has 1 aromatic rings. The van der Waals surface area contributed by atoms with Gasteiger partial charge in [0.15, 0.2) is 0 Å². The maximum atomic E-state index is 12.0. The van der Waals surface area contributed by atoms with E-state index in [1.54, 1.807) is 18.2 Å². The Balaban J connectivity index is 2.89. The molecule has 0 aliphatic carbocycles. The fraction of sp³-hybridized carbons (Fsp3) is 0.273. The van der Waals surface area contributed by atoms with E-state index in [1.165, 1.54) is 0 Å². The van der Waals surface area contributed by atoms with E-state index in [0.717, 1.165) is 0 Å². The first-order valence-corrected chi connectivity index (χ1v) is 6.58. The molecule has 1 unspecified atom stereocenters. The summed E-state index contributed by atoms with van der Waals surface area (Å²) in [6.07, 6.45) is 0.652. The van der Waals surface area contributed by atoms with Gasteiger partial charge in [0.05, 0.1) is 16.6 Å². The van der Waals surface area contributed by atoms with E-state index in [0.29, 0.717) is 21.5 Å². The average Bonchev–Trinajstić information content (AvgIpc) is 2.28. The normalized spacial score (nSPS) is 11.9. The summed E-state index contributed by atoms with van der Waals surface area (Å²) >= 11 is 14.0. The molecule has 0 aliphatic heterocycles. The summed E-state index contributed by atoms with van der Waals surface area (Å²) in [6.45, 7) is 1.90. The topological polar surface area (TPSA) is 55.1 Å². The van der Waals surface area contributed by atoms with Crippen LogP contribution in [-0.2, 0) is 0 Å². The summed E-state index contributed by atoms with van der Waals surface area (Å²) < 4.78 is 0.678. The van der Waals surface area contributed by atoms with Gasteiger partial charge < -0.3 is 11.1 Å². The van der Waals surface area contributed by atoms with Crippen LogP contribution in [0.3, 0.4) is 0 Å². The fourth-order valence-electron chi connectivity index (χ4n) is 1.28. The highest BCUT2D eigenvalue weighted by Gasteiger charge is 2.16. The Morgan fingerprint density at radius 1 is 1.65 bits per heavy atom. The zero-order valence-corrected chi connectivity index (χ0v) is 12.3. The van der Waals surface area contributed by atoms with Crippen molar-refractivity contribution in [3.05, 3.63) is 33.3 Å². The molecule has 0 fully saturated rings. The molecule has 0 bridgehead atoms. The molecule has 0 saturated carbocycles. The average molecular weight is 336 g/mol. The quantitative estimate of drug-likeness (QED) is 0.832. The largest absolute Gasteiger partial charge is 0.392 e. The summed E-state index contributed by atoms with van der Waals surface area (Å²) in [4.78, 5) is 12.3. The predicted octanol–water partition coefficient (Wildman–Crippen LogP) is 2.90. The minimum atomic E-state index is -0.302. The molecule has 0 heterocycles. The van der Waals surface area contributed by atoms with Gasteiger partial charge in [-0.05, 0) is 40.5 Å². The highest BCUT2D eigenvalue weighted by molar-refractivity contribution is 9.10. The van der Waals surface area contributed by atoms with E-state index in [2.05, 4.69) is 21.2 Å². The molecule has 0 aromatic heterocycles. The number of carbonyl (C=O) groups excluding carboxylic acids is 1. The Kier molecular flexibility index (Phi) is 5.36. The van der Waals surface area contributed by atoms with Gasteiger partial charge in [0.1, 0.15) is 0 Å². The lowest BCUT2D eigenvalue weighted by Gasteiger charge is -2.16. The van der Waals surface area contributed by atoms with Crippen molar-refractivity contribution < 1.29 is 4.79 Å². The van der Waals surface area contributed by atoms with E-state index < -0.39 is 0 Å². The van der Waals surface area contributed by atoms with E-state index in [-0.39, 0.29) is 16.9 Å². The molecule has 17 heavy (non-hydrogen) atoms. The number of hydrogen-bond donors (Lipinski definition) is 2. The van der Waals surface area contributed by atoms with Crippen molar-refractivity contribution in [1.82, 2.24) is 5.32 Å². The Morgan fingerprint density at radius 2 is 2.29 bits per heavy atom. The van der Waals surface area contributed by atoms with Gasteiger partial charge in [-0.3, -0.25) is 4.79 Å². The summed E-state index contributed by atoms with van der Waals surface area (Å²) in [5.74, 6) is -0.251. The second kappa shape index (κ2) is 6.33. The van der Waals surface area contributed by atoms with Gasteiger partial charge in [-0.2, -0.15) is 0 Å². The third-order valence-electron chi connectivity index (χ3n) is 2.23. The molecule has 0 saturated heterocycles. The van der Waals surface area contributed by atoms with Crippen molar-refractivity contribution in [2.45, 2.75) is 19.4 Å². The Bertz CT molecular complexity index is 453. The molecule has 1 atom stereocenters. The van der Waals surface area contributed by atoms with Crippen LogP contribution in [0.1, 0.15) is 23.7 Å². The zero-order chi connectivity index (χ0) is 13.0. The van der Waals surface area contributed by atoms with Crippen molar-refractivity contribution in [3.8, 4) is 0 Å². The Labute approximate surface area is 119 Å². The number of carbonyl (C=O) groups is 1. The third-order valence-corrected chi connectivity index (χ3v) is 3.44. The Hall–Kier alpha value is -0.650. The molecule has 1 amide bonds. The number of thiocarbonyl (C=S) groups is 1. The number of nitrogens with two attached hydrogens (primary N) is 1. The van der Waals surface area contributed by atoms with Gasteiger partial charge in [-0.1, -0.05) is 30.7 Å². The van der Waals surface area contributed by atoms with Gasteiger partial charge in [-0.15, -0.1) is 0 Å². The highest BCUT2D eigenvalue weighted by atomic mass is 79.9. The zero-order valence-electron chi connectivity index (χ0n) is 9.17. The molecule has 0 aliphatic rings. The summed E-state index contributed by atoms with van der Waals surface area (Å²) in [5, 5.41) is 3.26. The maximum absolute atomic E-state index is 12.0. The van der Waals surface area contributed by atoms with Crippen molar-refractivity contribution in [2.24, 2.45) is 5.73 Å². The van der Waals surface area contributed by atoms with Gasteiger partial charge >= 0.3 is 0 Å². The first-order valence-electron chi connectivity index (χ1n) is 5.01. The molecular weight excluding hydrogens is 324 g/mol. The van der Waals surface area contributed by atoms with Crippen molar-refractivity contribution in [3.63, 3.8) is 0 Å². The number of hydrogen-bond acceptors (Lipinski definition) is 2. The van der Waals surface area contributed by atoms with Gasteiger partial charge in [0, 0.05) is 9.50 Å². The summed E-state index contributed by atoms with van der Waals surface area (Å²) in [5.41, 5.74) is 5.99. The molecule has 6 heteroatoms. The number of rotatable bonds is 4. The van der Waals surface area contributed by atoms with Crippen LogP contribution in [0.5, 0.6) is 0 Å². The minimum Gasteiger partial charge on any atom is -0.392 e. The fourth-order valence-corrected chi connectivity index (χ4v) is 2.11. The van der Waals surface area contributed by atoms with Crippen LogP contribution in [0.15, 0.2) is 22.7 Å². The molecule has 0 radical (unpaired) electrons. The second-order valence-electron chi connectivity index (χ2n) is 3.46. The maximum Gasteiger partial charge on any atom is 0.253 e. The first-order chi connectivity index (χ1) is 7.95. The van der Waals surface area contributed by atoms with Crippen molar-refractivity contribution in [2.75, 3.05) is 0 Å². The monoisotopic (exact) mass is 334 g/mol. The van der Waals surface area contributed by atoms with Crippen LogP contribution in [0.4, 0.5) is 0 Å². The predicted molar refractivity (Wildman–Crippen MR) is 77.5 cm³/mol. The molecule has 0 spiro atoms. The van der Waals surface area contributed by atoms with Crippen LogP contribution >= 0.6 is 39.7 Å². The number of nitrogens with one attached hydrogen (secondary N) is 1. The number of amides is 1. The second-order valence-corrected chi connectivity index (χ2v) is 5.22.